The molecule has 0 unspecified atom stereocenters. The standard InChI is InChI=1S/C21H23ClN4O2S/c1-13-5-6-16(9-14(13)2)23-20(27)12-29-21-25-24-19(26(21)4)11-28-17-7-8-18(22)15(3)10-17/h5-10H,11-12H2,1-4H3,(H,23,27). The summed E-state index contributed by atoms with van der Waals surface area (Å²) in [6.45, 7) is 6.27. The van der Waals surface area contributed by atoms with E-state index in [0.29, 0.717) is 16.0 Å². The lowest BCUT2D eigenvalue weighted by Crippen LogP contribution is -2.14. The van der Waals surface area contributed by atoms with Crippen LogP contribution in [-0.4, -0.2) is 26.4 Å². The van der Waals surface area contributed by atoms with Crippen molar-refractivity contribution in [1.82, 2.24) is 14.8 Å². The van der Waals surface area contributed by atoms with E-state index < -0.39 is 0 Å². The molecule has 3 aromatic rings. The minimum atomic E-state index is -0.0873. The van der Waals surface area contributed by atoms with E-state index in [1.165, 1.54) is 17.3 Å². The van der Waals surface area contributed by atoms with Crippen LogP contribution in [0.5, 0.6) is 5.75 Å². The number of nitrogens with zero attached hydrogens (tertiary/aromatic N) is 3. The minimum absolute atomic E-state index is 0.0873. The Bertz CT molecular complexity index is 1040. The van der Waals surface area contributed by atoms with Gasteiger partial charge in [-0.15, -0.1) is 10.2 Å². The average molecular weight is 431 g/mol. The Morgan fingerprint density at radius 1 is 1.10 bits per heavy atom. The number of hydrogen-bond acceptors (Lipinski definition) is 5. The lowest BCUT2D eigenvalue weighted by atomic mass is 10.1. The van der Waals surface area contributed by atoms with Crippen LogP contribution in [0, 0.1) is 20.8 Å². The number of anilines is 1. The molecule has 0 saturated heterocycles. The molecule has 0 fully saturated rings. The minimum Gasteiger partial charge on any atom is -0.486 e. The van der Waals surface area contributed by atoms with E-state index in [0.717, 1.165) is 22.6 Å². The maximum atomic E-state index is 12.2. The van der Waals surface area contributed by atoms with Gasteiger partial charge < -0.3 is 14.6 Å². The van der Waals surface area contributed by atoms with Crippen molar-refractivity contribution >= 4 is 35.0 Å². The number of amides is 1. The highest BCUT2D eigenvalue weighted by Crippen LogP contribution is 2.22. The molecule has 8 heteroatoms. The molecule has 1 amide bonds. The molecule has 0 aliphatic heterocycles. The Hall–Kier alpha value is -2.51. The van der Waals surface area contributed by atoms with E-state index in [1.54, 1.807) is 6.07 Å². The zero-order valence-corrected chi connectivity index (χ0v) is 18.4. The van der Waals surface area contributed by atoms with Crippen molar-refractivity contribution in [3.8, 4) is 5.75 Å². The van der Waals surface area contributed by atoms with Gasteiger partial charge in [0.15, 0.2) is 11.0 Å². The van der Waals surface area contributed by atoms with Crippen molar-refractivity contribution in [2.75, 3.05) is 11.1 Å². The van der Waals surface area contributed by atoms with E-state index >= 15 is 0 Å². The summed E-state index contributed by atoms with van der Waals surface area (Å²) >= 11 is 7.37. The second kappa shape index (κ2) is 9.33. The summed E-state index contributed by atoms with van der Waals surface area (Å²) in [4.78, 5) is 12.2. The number of halogens is 1. The highest BCUT2D eigenvalue weighted by atomic mass is 35.5. The lowest BCUT2D eigenvalue weighted by Gasteiger charge is -2.08. The van der Waals surface area contributed by atoms with E-state index in [9.17, 15) is 4.79 Å². The van der Waals surface area contributed by atoms with Gasteiger partial charge in [0.25, 0.3) is 0 Å². The molecule has 1 heterocycles. The quantitative estimate of drug-likeness (QED) is 0.550. The summed E-state index contributed by atoms with van der Waals surface area (Å²) in [5.41, 5.74) is 4.08. The summed E-state index contributed by atoms with van der Waals surface area (Å²) in [6, 6.07) is 11.4. The molecule has 2 aromatic carbocycles. The topological polar surface area (TPSA) is 69.0 Å². The highest BCUT2D eigenvalue weighted by Gasteiger charge is 2.12. The van der Waals surface area contributed by atoms with Crippen LogP contribution in [0.25, 0.3) is 0 Å². The molecule has 6 nitrogen and oxygen atoms in total. The number of ether oxygens (including phenoxy) is 1. The van der Waals surface area contributed by atoms with Crippen molar-refractivity contribution in [2.45, 2.75) is 32.5 Å². The Labute approximate surface area is 179 Å². The number of benzene rings is 2. The number of hydrogen-bond donors (Lipinski definition) is 1. The fraction of sp³-hybridized carbons (Fsp3) is 0.286. The molecule has 152 valence electrons. The number of rotatable bonds is 7. The van der Waals surface area contributed by atoms with Crippen molar-refractivity contribution < 1.29 is 9.53 Å². The number of nitrogens with one attached hydrogen (secondary N) is 1. The number of carbonyl (C=O) groups is 1. The van der Waals surface area contributed by atoms with E-state index in [1.807, 2.05) is 62.7 Å². The normalized spacial score (nSPS) is 10.8. The fourth-order valence-corrected chi connectivity index (χ4v) is 3.45. The van der Waals surface area contributed by atoms with Gasteiger partial charge in [-0.25, -0.2) is 0 Å². The number of carbonyl (C=O) groups excluding carboxylic acids is 1. The van der Waals surface area contributed by atoms with Crippen LogP contribution in [0.1, 0.15) is 22.5 Å². The molecule has 3 rings (SSSR count). The van der Waals surface area contributed by atoms with Gasteiger partial charge in [0.1, 0.15) is 12.4 Å². The third kappa shape index (κ3) is 5.52. The molecule has 0 saturated carbocycles. The zero-order valence-electron chi connectivity index (χ0n) is 16.8. The molecule has 0 atom stereocenters. The largest absolute Gasteiger partial charge is 0.486 e. The molecule has 0 spiro atoms. The van der Waals surface area contributed by atoms with E-state index in [2.05, 4.69) is 15.5 Å². The van der Waals surface area contributed by atoms with Crippen LogP contribution in [0.4, 0.5) is 5.69 Å². The first-order chi connectivity index (χ1) is 13.8. The van der Waals surface area contributed by atoms with Crippen LogP contribution in [-0.2, 0) is 18.4 Å². The summed E-state index contributed by atoms with van der Waals surface area (Å²) in [5, 5.41) is 12.6. The third-order valence-electron chi connectivity index (χ3n) is 4.55. The van der Waals surface area contributed by atoms with E-state index in [4.69, 9.17) is 16.3 Å². The summed E-state index contributed by atoms with van der Waals surface area (Å²) in [7, 11) is 1.86. The van der Waals surface area contributed by atoms with Crippen molar-refractivity contribution in [3.05, 3.63) is 63.9 Å². The summed E-state index contributed by atoms with van der Waals surface area (Å²) in [6.07, 6.45) is 0. The molecular weight excluding hydrogens is 408 g/mol. The first-order valence-electron chi connectivity index (χ1n) is 9.10. The second-order valence-electron chi connectivity index (χ2n) is 6.79. The predicted molar refractivity (Wildman–Crippen MR) is 117 cm³/mol. The third-order valence-corrected chi connectivity index (χ3v) is 5.99. The maximum absolute atomic E-state index is 12.2. The van der Waals surface area contributed by atoms with Gasteiger partial charge >= 0.3 is 0 Å². The molecule has 1 N–H and O–H groups in total. The molecule has 0 bridgehead atoms. The van der Waals surface area contributed by atoms with Crippen molar-refractivity contribution in [3.63, 3.8) is 0 Å². The van der Waals surface area contributed by atoms with Crippen LogP contribution >= 0.6 is 23.4 Å². The van der Waals surface area contributed by atoms with Crippen LogP contribution < -0.4 is 10.1 Å². The summed E-state index contributed by atoms with van der Waals surface area (Å²) < 4.78 is 7.61. The van der Waals surface area contributed by atoms with Crippen LogP contribution in [0.15, 0.2) is 41.6 Å². The summed E-state index contributed by atoms with van der Waals surface area (Å²) in [5.74, 6) is 1.55. The molecule has 0 aliphatic carbocycles. The fourth-order valence-electron chi connectivity index (χ4n) is 2.60. The first kappa shape index (κ1) is 21.2. The van der Waals surface area contributed by atoms with Gasteiger partial charge in [0, 0.05) is 17.8 Å². The van der Waals surface area contributed by atoms with Gasteiger partial charge in [0.05, 0.1) is 5.75 Å². The number of aromatic nitrogens is 3. The van der Waals surface area contributed by atoms with Gasteiger partial charge in [-0.1, -0.05) is 29.4 Å². The van der Waals surface area contributed by atoms with E-state index in [-0.39, 0.29) is 18.3 Å². The van der Waals surface area contributed by atoms with Gasteiger partial charge in [-0.05, 0) is 67.8 Å². The van der Waals surface area contributed by atoms with Crippen LogP contribution in [0.3, 0.4) is 0 Å². The highest BCUT2D eigenvalue weighted by molar-refractivity contribution is 7.99. The predicted octanol–water partition coefficient (Wildman–Crippen LogP) is 4.70. The van der Waals surface area contributed by atoms with Crippen molar-refractivity contribution in [1.29, 1.82) is 0 Å². The first-order valence-corrected chi connectivity index (χ1v) is 10.5. The number of aryl methyl sites for hydroxylation is 3. The SMILES string of the molecule is Cc1ccc(NC(=O)CSc2nnc(COc3ccc(Cl)c(C)c3)n2C)cc1C. The number of thioether (sulfide) groups is 1. The molecule has 29 heavy (non-hydrogen) atoms. The second-order valence-corrected chi connectivity index (χ2v) is 8.14. The zero-order chi connectivity index (χ0) is 21.0. The molecule has 0 aliphatic rings. The lowest BCUT2D eigenvalue weighted by molar-refractivity contribution is -0.113. The average Bonchev–Trinajstić information content (AvgIpc) is 3.04. The van der Waals surface area contributed by atoms with Gasteiger partial charge in [-0.2, -0.15) is 0 Å². The maximum Gasteiger partial charge on any atom is 0.234 e. The Balaban J connectivity index is 1.54. The van der Waals surface area contributed by atoms with Crippen molar-refractivity contribution in [2.24, 2.45) is 7.05 Å². The monoisotopic (exact) mass is 430 g/mol. The Morgan fingerprint density at radius 2 is 1.90 bits per heavy atom. The molecular formula is C21H23ClN4O2S. The van der Waals surface area contributed by atoms with Crippen LogP contribution in [0.2, 0.25) is 5.02 Å². The smallest absolute Gasteiger partial charge is 0.234 e. The Morgan fingerprint density at radius 3 is 2.62 bits per heavy atom. The van der Waals surface area contributed by atoms with Gasteiger partial charge in [-0.3, -0.25) is 4.79 Å². The Kier molecular flexibility index (Phi) is 6.82. The van der Waals surface area contributed by atoms with Gasteiger partial charge in [0.2, 0.25) is 5.91 Å². The molecule has 1 aromatic heterocycles. The molecule has 0 radical (unpaired) electrons.